The largest absolute Gasteiger partial charge is 0.482 e. The second kappa shape index (κ2) is 17.4. The van der Waals surface area contributed by atoms with Gasteiger partial charge in [-0.3, -0.25) is 19.2 Å². The Bertz CT molecular complexity index is 2870. The van der Waals surface area contributed by atoms with Crippen LogP contribution in [0.3, 0.4) is 0 Å². The first-order valence-electron chi connectivity index (χ1n) is 24.9. The Morgan fingerprint density at radius 3 is 2.44 bits per heavy atom. The topological polar surface area (TPSA) is 174 Å². The SMILES string of the molecule is CC(C)=CCCC1(C)C=Cc2c(c(CC=C(C)C)c3c(c2OC(=O)CC(=O)N2CCN(C)CC2)C2=Nc4nc5ccccc5n4C4C5CC6C(C)(C)OC(CC=C(C)C(=O)NCCO)(C5=O)C6(O3)C24)O1. The summed E-state index contributed by atoms with van der Waals surface area (Å²) < 4.78 is 31.2. The number of aliphatic hydroxyl groups excluding tert-OH is 1. The number of fused-ring (bicyclic) bond motifs is 6. The number of imidazole rings is 1. The van der Waals surface area contributed by atoms with E-state index >= 15 is 4.79 Å². The first-order chi connectivity index (χ1) is 33.3. The van der Waals surface area contributed by atoms with Crippen molar-refractivity contribution in [1.82, 2.24) is 24.7 Å². The van der Waals surface area contributed by atoms with Crippen molar-refractivity contribution >= 4 is 52.3 Å². The van der Waals surface area contributed by atoms with Crippen LogP contribution in [0, 0.1) is 17.8 Å². The molecule has 370 valence electrons. The van der Waals surface area contributed by atoms with Gasteiger partial charge in [0.05, 0.1) is 52.0 Å². The van der Waals surface area contributed by atoms with E-state index in [0.29, 0.717) is 90.9 Å². The zero-order chi connectivity index (χ0) is 49.7. The van der Waals surface area contributed by atoms with Crippen LogP contribution >= 0.6 is 0 Å². The number of esters is 1. The van der Waals surface area contributed by atoms with Crippen molar-refractivity contribution in [2.24, 2.45) is 22.7 Å². The number of carbonyl (C=O) groups excluding carboxylic acids is 4. The van der Waals surface area contributed by atoms with Crippen LogP contribution in [0.4, 0.5) is 5.95 Å². The number of carbonyl (C=O) groups is 4. The van der Waals surface area contributed by atoms with Gasteiger partial charge in [-0.1, -0.05) is 41.5 Å². The Kier molecular flexibility index (Phi) is 11.9. The van der Waals surface area contributed by atoms with Gasteiger partial charge >= 0.3 is 5.97 Å². The van der Waals surface area contributed by atoms with E-state index in [2.05, 4.69) is 40.8 Å². The van der Waals surface area contributed by atoms with Crippen LogP contribution in [-0.2, 0) is 30.3 Å². The molecule has 0 radical (unpaired) electrons. The monoisotopic (exact) mass is 954 g/mol. The summed E-state index contributed by atoms with van der Waals surface area (Å²) in [6.45, 7) is 18.3. The molecule has 4 bridgehead atoms. The molecule has 15 nitrogen and oxygen atoms in total. The minimum atomic E-state index is -1.61. The van der Waals surface area contributed by atoms with E-state index in [9.17, 15) is 19.5 Å². The maximum Gasteiger partial charge on any atom is 0.320 e. The van der Waals surface area contributed by atoms with Crippen LogP contribution < -0.4 is 19.5 Å². The van der Waals surface area contributed by atoms with Gasteiger partial charge in [0.1, 0.15) is 23.5 Å². The zero-order valence-corrected chi connectivity index (χ0v) is 41.9. The lowest BCUT2D eigenvalue weighted by molar-refractivity contribution is -0.206. The van der Waals surface area contributed by atoms with E-state index in [4.69, 9.17) is 28.9 Å². The molecule has 2 amide bonds. The Hall–Kier alpha value is -5.90. The van der Waals surface area contributed by atoms with Crippen LogP contribution in [0.1, 0.15) is 110 Å². The summed E-state index contributed by atoms with van der Waals surface area (Å²) in [6, 6.07) is 7.30. The van der Waals surface area contributed by atoms with Gasteiger partial charge in [-0.15, -0.1) is 0 Å². The van der Waals surface area contributed by atoms with Crippen molar-refractivity contribution in [2.75, 3.05) is 46.4 Å². The molecule has 3 saturated carbocycles. The van der Waals surface area contributed by atoms with Gasteiger partial charge in [0, 0.05) is 62.1 Å². The van der Waals surface area contributed by atoms with Gasteiger partial charge in [-0.2, -0.15) is 0 Å². The fourth-order valence-electron chi connectivity index (χ4n) is 12.6. The molecule has 2 aromatic carbocycles. The number of aliphatic imine (C=N–C) groups is 1. The summed E-state index contributed by atoms with van der Waals surface area (Å²) in [6.07, 6.45) is 11.8. The fraction of sp³-hybridized carbons (Fsp3) is 0.527. The highest BCUT2D eigenvalue weighted by Crippen LogP contribution is 2.74. The van der Waals surface area contributed by atoms with Crippen molar-refractivity contribution in [1.29, 1.82) is 0 Å². The molecule has 5 fully saturated rings. The standard InChI is InChI=1S/C55H66N6O9/c1-31(2)13-12-20-53(8)21-19-35-46(68-53)34(17-16-32(3)4)48-42(47(35)67-41(64)30-40(63)60-26-24-59(9)25-27-60)44-43-45(61-38-15-11-10-14-37(38)57-51(61)58-44)36-29-39-52(6,7)70-54(49(36)65,55(39,43)69-48)22-18-33(5)50(66)56-23-28-62/h10-11,13-16,18-19,21,36,39,43,45,62H,12,17,20,22-30H2,1-9H3,(H,56,66). The number of hydrogen-bond donors (Lipinski definition) is 2. The third kappa shape index (κ3) is 7.48. The van der Waals surface area contributed by atoms with Gasteiger partial charge in [0.25, 0.3) is 0 Å². The van der Waals surface area contributed by atoms with E-state index in [-0.39, 0.29) is 48.8 Å². The van der Waals surface area contributed by atoms with Crippen LogP contribution in [0.5, 0.6) is 17.2 Å². The van der Waals surface area contributed by atoms with E-state index in [1.54, 1.807) is 17.9 Å². The first-order valence-corrected chi connectivity index (χ1v) is 24.9. The molecule has 11 rings (SSSR count). The Morgan fingerprint density at radius 2 is 1.71 bits per heavy atom. The minimum absolute atomic E-state index is 0.0240. The average Bonchev–Trinajstić information content (AvgIpc) is 3.75. The number of ketones is 1. The molecule has 2 saturated heterocycles. The van der Waals surface area contributed by atoms with Gasteiger partial charge in [-0.25, -0.2) is 9.98 Å². The second-order valence-electron chi connectivity index (χ2n) is 21.6. The number of allylic oxidation sites excluding steroid dienone is 4. The molecule has 3 aliphatic carbocycles. The van der Waals surface area contributed by atoms with E-state index in [1.165, 1.54) is 5.57 Å². The number of hydrogen-bond acceptors (Lipinski definition) is 12. The number of amides is 2. The van der Waals surface area contributed by atoms with Crippen LogP contribution in [-0.4, -0.2) is 123 Å². The van der Waals surface area contributed by atoms with E-state index in [1.807, 2.05) is 78.1 Å². The number of benzene rings is 2. The minimum Gasteiger partial charge on any atom is -0.482 e. The molecular formula is C55H66N6O9. The molecule has 15 heteroatoms. The Morgan fingerprint density at radius 1 is 0.971 bits per heavy atom. The van der Waals surface area contributed by atoms with Crippen molar-refractivity contribution in [2.45, 2.75) is 122 Å². The normalized spacial score (nSPS) is 28.7. The van der Waals surface area contributed by atoms with Gasteiger partial charge < -0.3 is 43.7 Å². The number of nitrogens with one attached hydrogen (secondary N) is 1. The molecule has 7 unspecified atom stereocenters. The smallest absolute Gasteiger partial charge is 0.320 e. The molecule has 3 aromatic rings. The van der Waals surface area contributed by atoms with Gasteiger partial charge in [0.2, 0.25) is 17.8 Å². The predicted molar refractivity (Wildman–Crippen MR) is 265 cm³/mol. The number of likely N-dealkylation sites (N-methyl/N-ethyl adjacent to an activating group) is 1. The number of nitrogens with zero attached hydrogens (tertiary/aromatic N) is 5. The zero-order valence-electron chi connectivity index (χ0n) is 41.9. The highest BCUT2D eigenvalue weighted by Gasteiger charge is 2.85. The number of piperazine rings is 1. The number of Topliss-reactive ketones (excluding diaryl/α,β-unsaturated/α-hetero) is 1. The van der Waals surface area contributed by atoms with E-state index in [0.717, 1.165) is 23.0 Å². The van der Waals surface area contributed by atoms with Crippen molar-refractivity contribution in [3.63, 3.8) is 0 Å². The maximum atomic E-state index is 16.0. The summed E-state index contributed by atoms with van der Waals surface area (Å²) in [5.41, 5.74) is 1.74. The quantitative estimate of drug-likeness (QED) is 0.0585. The van der Waals surface area contributed by atoms with Crippen LogP contribution in [0.2, 0.25) is 0 Å². The van der Waals surface area contributed by atoms with Crippen molar-refractivity contribution in [3.05, 3.63) is 82.0 Å². The number of aromatic nitrogens is 2. The Balaban J connectivity index is 1.24. The summed E-state index contributed by atoms with van der Waals surface area (Å²) >= 11 is 0. The highest BCUT2D eigenvalue weighted by atomic mass is 16.6. The van der Waals surface area contributed by atoms with Crippen molar-refractivity contribution in [3.8, 4) is 17.2 Å². The lowest BCUT2D eigenvalue weighted by Crippen LogP contribution is -2.79. The summed E-state index contributed by atoms with van der Waals surface area (Å²) in [7, 11) is 2.01. The number of para-hydroxylation sites is 2. The maximum absolute atomic E-state index is 16.0. The third-order valence-corrected chi connectivity index (χ3v) is 15.9. The summed E-state index contributed by atoms with van der Waals surface area (Å²) in [5, 5.41) is 12.3. The molecule has 8 aliphatic rings. The molecule has 5 aliphatic heterocycles. The highest BCUT2D eigenvalue weighted by molar-refractivity contribution is 6.15. The molecule has 1 aromatic heterocycles. The van der Waals surface area contributed by atoms with Crippen LogP contribution in [0.25, 0.3) is 17.1 Å². The Labute approximate surface area is 409 Å². The summed E-state index contributed by atoms with van der Waals surface area (Å²) in [5.74, 6) is -1.66. The lowest BCUT2D eigenvalue weighted by Gasteiger charge is -2.64. The van der Waals surface area contributed by atoms with Gasteiger partial charge in [-0.05, 0) is 112 Å². The molecule has 2 N–H and O–H groups in total. The van der Waals surface area contributed by atoms with Crippen LogP contribution in [0.15, 0.2) is 70.3 Å². The summed E-state index contributed by atoms with van der Waals surface area (Å²) in [4.78, 5) is 72.2. The molecule has 70 heavy (non-hydrogen) atoms. The number of aliphatic hydroxyl groups is 1. The molecular weight excluding hydrogens is 889 g/mol. The number of rotatable bonds is 13. The molecule has 1 spiro atoms. The lowest BCUT2D eigenvalue weighted by atomic mass is 9.44. The first kappa shape index (κ1) is 47.8. The average molecular weight is 955 g/mol. The van der Waals surface area contributed by atoms with Gasteiger partial charge in [0.15, 0.2) is 22.7 Å². The third-order valence-electron chi connectivity index (χ3n) is 15.9. The fourth-order valence-corrected chi connectivity index (χ4v) is 12.6. The second-order valence-corrected chi connectivity index (χ2v) is 21.6. The van der Waals surface area contributed by atoms with Crippen molar-refractivity contribution < 1.29 is 43.2 Å². The predicted octanol–water partition coefficient (Wildman–Crippen LogP) is 7.16. The molecule has 6 heterocycles. The van der Waals surface area contributed by atoms with E-state index < -0.39 is 52.7 Å². The number of ether oxygens (including phenoxy) is 4. The molecule has 7 atom stereocenters.